The Bertz CT molecular complexity index is 631. The van der Waals surface area contributed by atoms with E-state index in [0.29, 0.717) is 13.0 Å². The molecule has 0 radical (unpaired) electrons. The standard InChI is InChI=1S/C20H23NO/c1-3-10-20(22)21(4-2)19-14-9-8-13-18(19)16-15-17-11-6-5-7-12-17/h5-9,11-16H,3-4,10H2,1-2H3. The Morgan fingerprint density at radius 3 is 2.32 bits per heavy atom. The molecule has 1 amide bonds. The van der Waals surface area contributed by atoms with Crippen molar-refractivity contribution in [3.63, 3.8) is 0 Å². The van der Waals surface area contributed by atoms with Gasteiger partial charge in [0.2, 0.25) is 5.91 Å². The highest BCUT2D eigenvalue weighted by molar-refractivity contribution is 5.96. The third kappa shape index (κ3) is 4.08. The molecular formula is C20H23NO. The lowest BCUT2D eigenvalue weighted by Gasteiger charge is -2.23. The molecule has 2 rings (SSSR count). The van der Waals surface area contributed by atoms with Crippen molar-refractivity contribution < 1.29 is 4.79 Å². The SMILES string of the molecule is CCCC(=O)N(CC)c1ccccc1C=Cc1ccccc1. The lowest BCUT2D eigenvalue weighted by molar-refractivity contribution is -0.118. The first-order chi connectivity index (χ1) is 10.8. The monoisotopic (exact) mass is 293 g/mol. The number of amides is 1. The molecular weight excluding hydrogens is 270 g/mol. The van der Waals surface area contributed by atoms with Crippen molar-refractivity contribution in [3.05, 3.63) is 65.7 Å². The van der Waals surface area contributed by atoms with Crippen molar-refractivity contribution >= 4 is 23.7 Å². The van der Waals surface area contributed by atoms with Gasteiger partial charge in [-0.2, -0.15) is 0 Å². The first-order valence-electron chi connectivity index (χ1n) is 7.88. The highest BCUT2D eigenvalue weighted by atomic mass is 16.2. The van der Waals surface area contributed by atoms with Gasteiger partial charge >= 0.3 is 0 Å². The zero-order valence-corrected chi connectivity index (χ0v) is 13.3. The predicted molar refractivity (Wildman–Crippen MR) is 94.7 cm³/mol. The van der Waals surface area contributed by atoms with Gasteiger partial charge in [-0.05, 0) is 30.5 Å². The Kier molecular flexibility index (Phi) is 5.96. The molecule has 0 saturated carbocycles. The largest absolute Gasteiger partial charge is 0.312 e. The zero-order chi connectivity index (χ0) is 15.8. The minimum absolute atomic E-state index is 0.186. The molecule has 2 heteroatoms. The molecule has 2 nitrogen and oxygen atoms in total. The highest BCUT2D eigenvalue weighted by Gasteiger charge is 2.14. The Morgan fingerprint density at radius 1 is 0.955 bits per heavy atom. The second-order valence-electron chi connectivity index (χ2n) is 5.19. The number of hydrogen-bond acceptors (Lipinski definition) is 1. The third-order valence-electron chi connectivity index (χ3n) is 3.56. The van der Waals surface area contributed by atoms with Crippen LogP contribution in [0.1, 0.15) is 37.8 Å². The fourth-order valence-corrected chi connectivity index (χ4v) is 2.45. The first kappa shape index (κ1) is 16.0. The van der Waals surface area contributed by atoms with Crippen LogP contribution in [0, 0.1) is 0 Å². The molecule has 0 saturated heterocycles. The number of para-hydroxylation sites is 1. The molecule has 0 unspecified atom stereocenters. The van der Waals surface area contributed by atoms with Crippen LogP contribution in [0.4, 0.5) is 5.69 Å². The summed E-state index contributed by atoms with van der Waals surface area (Å²) >= 11 is 0. The molecule has 0 bridgehead atoms. The molecule has 2 aromatic carbocycles. The molecule has 0 aliphatic carbocycles. The van der Waals surface area contributed by atoms with E-state index in [1.165, 1.54) is 0 Å². The molecule has 0 aromatic heterocycles. The van der Waals surface area contributed by atoms with Gasteiger partial charge in [-0.15, -0.1) is 0 Å². The van der Waals surface area contributed by atoms with Crippen molar-refractivity contribution in [1.29, 1.82) is 0 Å². The maximum atomic E-state index is 12.3. The summed E-state index contributed by atoms with van der Waals surface area (Å²) in [6.07, 6.45) is 5.62. The summed E-state index contributed by atoms with van der Waals surface area (Å²) in [5.41, 5.74) is 3.20. The molecule has 114 valence electrons. The van der Waals surface area contributed by atoms with E-state index in [2.05, 4.69) is 30.4 Å². The Morgan fingerprint density at radius 2 is 1.64 bits per heavy atom. The second kappa shape index (κ2) is 8.18. The van der Waals surface area contributed by atoms with E-state index in [1.54, 1.807) is 0 Å². The molecule has 0 N–H and O–H groups in total. The Labute approximate surface area is 133 Å². The summed E-state index contributed by atoms with van der Waals surface area (Å²) in [6.45, 7) is 4.74. The molecule has 0 fully saturated rings. The number of carbonyl (C=O) groups is 1. The van der Waals surface area contributed by atoms with Gasteiger partial charge in [-0.25, -0.2) is 0 Å². The Balaban J connectivity index is 2.29. The van der Waals surface area contributed by atoms with Gasteiger partial charge < -0.3 is 4.90 Å². The van der Waals surface area contributed by atoms with Gasteiger partial charge in [0.15, 0.2) is 0 Å². The van der Waals surface area contributed by atoms with Crippen LogP contribution in [0.3, 0.4) is 0 Å². The van der Waals surface area contributed by atoms with Crippen molar-refractivity contribution in [2.75, 3.05) is 11.4 Å². The van der Waals surface area contributed by atoms with E-state index in [4.69, 9.17) is 0 Å². The van der Waals surface area contributed by atoms with E-state index in [9.17, 15) is 4.79 Å². The molecule has 22 heavy (non-hydrogen) atoms. The van der Waals surface area contributed by atoms with E-state index >= 15 is 0 Å². The fraction of sp³-hybridized carbons (Fsp3) is 0.250. The summed E-state index contributed by atoms with van der Waals surface area (Å²) in [7, 11) is 0. The van der Waals surface area contributed by atoms with Gasteiger partial charge in [0.1, 0.15) is 0 Å². The molecule has 0 spiro atoms. The average Bonchev–Trinajstić information content (AvgIpc) is 2.56. The summed E-state index contributed by atoms with van der Waals surface area (Å²) in [5.74, 6) is 0.186. The van der Waals surface area contributed by atoms with Crippen LogP contribution in [0.5, 0.6) is 0 Å². The van der Waals surface area contributed by atoms with Gasteiger partial charge in [0.05, 0.1) is 5.69 Å². The number of anilines is 1. The summed E-state index contributed by atoms with van der Waals surface area (Å²) < 4.78 is 0. The maximum absolute atomic E-state index is 12.3. The van der Waals surface area contributed by atoms with E-state index in [0.717, 1.165) is 23.2 Å². The number of benzene rings is 2. The predicted octanol–water partition coefficient (Wildman–Crippen LogP) is 5.01. The summed E-state index contributed by atoms with van der Waals surface area (Å²) in [4.78, 5) is 14.2. The number of nitrogens with zero attached hydrogens (tertiary/aromatic N) is 1. The minimum Gasteiger partial charge on any atom is -0.312 e. The van der Waals surface area contributed by atoms with Crippen LogP contribution in [-0.4, -0.2) is 12.5 Å². The highest BCUT2D eigenvalue weighted by Crippen LogP contribution is 2.23. The third-order valence-corrected chi connectivity index (χ3v) is 3.56. The van der Waals surface area contributed by atoms with E-state index < -0.39 is 0 Å². The summed E-state index contributed by atoms with van der Waals surface area (Å²) in [6, 6.07) is 18.2. The van der Waals surface area contributed by atoms with Gasteiger partial charge in [0.25, 0.3) is 0 Å². The number of carbonyl (C=O) groups excluding carboxylic acids is 1. The van der Waals surface area contributed by atoms with Crippen LogP contribution in [0.25, 0.3) is 12.2 Å². The lowest BCUT2D eigenvalue weighted by atomic mass is 10.1. The molecule has 0 aliphatic rings. The Hall–Kier alpha value is -2.35. The number of rotatable bonds is 6. The molecule has 0 aliphatic heterocycles. The summed E-state index contributed by atoms with van der Waals surface area (Å²) in [5, 5.41) is 0. The van der Waals surface area contributed by atoms with Crippen LogP contribution in [0.2, 0.25) is 0 Å². The van der Waals surface area contributed by atoms with Gasteiger partial charge in [-0.1, -0.05) is 67.6 Å². The van der Waals surface area contributed by atoms with Crippen molar-refractivity contribution in [2.45, 2.75) is 26.7 Å². The lowest BCUT2D eigenvalue weighted by Crippen LogP contribution is -2.30. The quantitative estimate of drug-likeness (QED) is 0.686. The van der Waals surface area contributed by atoms with Gasteiger partial charge in [0, 0.05) is 13.0 Å². The molecule has 2 aromatic rings. The van der Waals surface area contributed by atoms with Crippen LogP contribution in [0.15, 0.2) is 54.6 Å². The van der Waals surface area contributed by atoms with E-state index in [1.807, 2.05) is 55.1 Å². The first-order valence-corrected chi connectivity index (χ1v) is 7.88. The molecule has 0 heterocycles. The number of hydrogen-bond donors (Lipinski definition) is 0. The fourth-order valence-electron chi connectivity index (χ4n) is 2.45. The van der Waals surface area contributed by atoms with Crippen molar-refractivity contribution in [3.8, 4) is 0 Å². The van der Waals surface area contributed by atoms with Crippen molar-refractivity contribution in [2.24, 2.45) is 0 Å². The average molecular weight is 293 g/mol. The van der Waals surface area contributed by atoms with Crippen LogP contribution >= 0.6 is 0 Å². The topological polar surface area (TPSA) is 20.3 Å². The van der Waals surface area contributed by atoms with Crippen LogP contribution in [-0.2, 0) is 4.79 Å². The zero-order valence-electron chi connectivity index (χ0n) is 13.3. The maximum Gasteiger partial charge on any atom is 0.226 e. The normalized spacial score (nSPS) is 10.8. The van der Waals surface area contributed by atoms with Crippen molar-refractivity contribution in [1.82, 2.24) is 0 Å². The van der Waals surface area contributed by atoms with E-state index in [-0.39, 0.29) is 5.91 Å². The molecule has 0 atom stereocenters. The smallest absolute Gasteiger partial charge is 0.226 e. The second-order valence-corrected chi connectivity index (χ2v) is 5.19. The van der Waals surface area contributed by atoms with Crippen LogP contribution < -0.4 is 4.90 Å². The van der Waals surface area contributed by atoms with Gasteiger partial charge in [-0.3, -0.25) is 4.79 Å². The minimum atomic E-state index is 0.186.